The predicted octanol–water partition coefficient (Wildman–Crippen LogP) is 3.39. The molecule has 2 rings (SSSR count). The summed E-state index contributed by atoms with van der Waals surface area (Å²) in [6.45, 7) is 7.99. The van der Waals surface area contributed by atoms with E-state index in [1.807, 2.05) is 33.0 Å². The van der Waals surface area contributed by atoms with Crippen molar-refractivity contribution in [3.05, 3.63) is 28.2 Å². The summed E-state index contributed by atoms with van der Waals surface area (Å²) in [5, 5.41) is 4.35. The molecule has 3 N–H and O–H groups in total. The molecule has 0 saturated heterocycles. The zero-order chi connectivity index (χ0) is 14.7. The first-order valence-electron chi connectivity index (χ1n) is 6.57. The van der Waals surface area contributed by atoms with Gasteiger partial charge in [-0.2, -0.15) is 4.98 Å². The van der Waals surface area contributed by atoms with Crippen LogP contribution in [0.25, 0.3) is 0 Å². The van der Waals surface area contributed by atoms with E-state index in [4.69, 9.17) is 10.5 Å². The third-order valence-electron chi connectivity index (χ3n) is 2.61. The number of pyridine rings is 1. The maximum absolute atomic E-state index is 5.86. The Kier molecular flexibility index (Phi) is 4.44. The van der Waals surface area contributed by atoms with Crippen LogP contribution in [0.3, 0.4) is 0 Å². The molecule has 2 heterocycles. The van der Waals surface area contributed by atoms with Gasteiger partial charge in [0.15, 0.2) is 0 Å². The van der Waals surface area contributed by atoms with Crippen LogP contribution in [-0.4, -0.2) is 16.1 Å². The third kappa shape index (κ3) is 3.60. The van der Waals surface area contributed by atoms with E-state index in [-0.39, 0.29) is 12.1 Å². The number of anilines is 2. The van der Waals surface area contributed by atoms with Crippen molar-refractivity contribution in [1.29, 1.82) is 0 Å². The van der Waals surface area contributed by atoms with Crippen LogP contribution < -0.4 is 15.8 Å². The third-order valence-corrected chi connectivity index (χ3v) is 3.71. The van der Waals surface area contributed by atoms with Gasteiger partial charge >= 0.3 is 0 Å². The zero-order valence-corrected chi connectivity index (χ0v) is 13.0. The Balaban J connectivity index is 2.13. The summed E-state index contributed by atoms with van der Waals surface area (Å²) >= 11 is 1.68. The van der Waals surface area contributed by atoms with Crippen molar-refractivity contribution in [1.82, 2.24) is 9.97 Å². The lowest BCUT2D eigenvalue weighted by Gasteiger charge is -2.15. The van der Waals surface area contributed by atoms with Gasteiger partial charge in [0.05, 0.1) is 17.8 Å². The fourth-order valence-electron chi connectivity index (χ4n) is 1.71. The summed E-state index contributed by atoms with van der Waals surface area (Å²) in [7, 11) is 0. The van der Waals surface area contributed by atoms with E-state index in [0.29, 0.717) is 11.6 Å². The highest BCUT2D eigenvalue weighted by atomic mass is 32.1. The second-order valence-corrected chi connectivity index (χ2v) is 6.20. The van der Waals surface area contributed by atoms with Gasteiger partial charge in [0, 0.05) is 11.1 Å². The summed E-state index contributed by atoms with van der Waals surface area (Å²) in [5.41, 5.74) is 6.40. The fraction of sp³-hybridized carbons (Fsp3) is 0.429. The molecule has 5 nitrogen and oxygen atoms in total. The van der Waals surface area contributed by atoms with Gasteiger partial charge in [-0.1, -0.05) is 0 Å². The molecule has 0 radical (unpaired) electrons. The summed E-state index contributed by atoms with van der Waals surface area (Å²) in [6.07, 6.45) is 1.92. The molecule has 0 spiro atoms. The smallest absolute Gasteiger partial charge is 0.239 e. The second kappa shape index (κ2) is 6.09. The number of nitrogens with zero attached hydrogens (tertiary/aromatic N) is 2. The van der Waals surface area contributed by atoms with Crippen LogP contribution in [0.2, 0.25) is 0 Å². The average molecular weight is 292 g/mol. The number of rotatable bonds is 5. The van der Waals surface area contributed by atoms with E-state index < -0.39 is 0 Å². The number of thiazole rings is 1. The molecule has 2 aromatic heterocycles. The second-order valence-electron chi connectivity index (χ2n) is 4.93. The Labute approximate surface area is 123 Å². The van der Waals surface area contributed by atoms with E-state index in [0.717, 1.165) is 10.8 Å². The van der Waals surface area contributed by atoms with Gasteiger partial charge in [-0.25, -0.2) is 4.98 Å². The molecule has 0 amide bonds. The first kappa shape index (κ1) is 14.6. The summed E-state index contributed by atoms with van der Waals surface area (Å²) < 4.78 is 5.59. The van der Waals surface area contributed by atoms with Crippen molar-refractivity contribution in [2.75, 3.05) is 11.1 Å². The van der Waals surface area contributed by atoms with Gasteiger partial charge in [0.2, 0.25) is 5.88 Å². The topological polar surface area (TPSA) is 73.1 Å². The molecule has 1 atom stereocenters. The first-order valence-corrected chi connectivity index (χ1v) is 7.39. The number of aryl methyl sites for hydroxylation is 1. The molecule has 0 aromatic carbocycles. The van der Waals surface area contributed by atoms with E-state index in [2.05, 4.69) is 22.2 Å². The minimum Gasteiger partial charge on any atom is -0.473 e. The predicted molar refractivity (Wildman–Crippen MR) is 83.3 cm³/mol. The van der Waals surface area contributed by atoms with Gasteiger partial charge in [-0.3, -0.25) is 0 Å². The van der Waals surface area contributed by atoms with E-state index in [1.165, 1.54) is 4.88 Å². The molecule has 108 valence electrons. The number of hydrogen-bond acceptors (Lipinski definition) is 6. The lowest BCUT2D eigenvalue weighted by Crippen LogP contribution is -2.12. The van der Waals surface area contributed by atoms with Crippen LogP contribution >= 0.6 is 11.3 Å². The normalized spacial score (nSPS) is 12.4. The number of nitrogen functional groups attached to an aromatic ring is 1. The van der Waals surface area contributed by atoms with Crippen molar-refractivity contribution in [2.24, 2.45) is 0 Å². The van der Waals surface area contributed by atoms with Crippen LogP contribution in [-0.2, 0) is 0 Å². The molecule has 0 aliphatic heterocycles. The molecule has 0 bridgehead atoms. The van der Waals surface area contributed by atoms with Crippen molar-refractivity contribution in [3.8, 4) is 5.88 Å². The SMILES string of the molecule is Cc1cnc(C(C)Nc2ccc(N)c(OC(C)C)n2)s1. The number of ether oxygens (including phenoxy) is 1. The fourth-order valence-corrected chi connectivity index (χ4v) is 2.48. The van der Waals surface area contributed by atoms with Gasteiger partial charge in [-0.05, 0) is 39.8 Å². The van der Waals surface area contributed by atoms with Crippen LogP contribution in [0.5, 0.6) is 5.88 Å². The highest BCUT2D eigenvalue weighted by molar-refractivity contribution is 7.11. The van der Waals surface area contributed by atoms with Gasteiger partial charge in [-0.15, -0.1) is 11.3 Å². The van der Waals surface area contributed by atoms with Crippen molar-refractivity contribution < 1.29 is 4.74 Å². The number of nitrogens with one attached hydrogen (secondary N) is 1. The zero-order valence-electron chi connectivity index (χ0n) is 12.2. The lowest BCUT2D eigenvalue weighted by molar-refractivity contribution is 0.234. The summed E-state index contributed by atoms with van der Waals surface area (Å²) in [4.78, 5) is 9.97. The molecule has 0 aliphatic carbocycles. The largest absolute Gasteiger partial charge is 0.473 e. The molecule has 0 saturated carbocycles. The van der Waals surface area contributed by atoms with E-state index in [9.17, 15) is 0 Å². The Morgan fingerprint density at radius 2 is 2.05 bits per heavy atom. The monoisotopic (exact) mass is 292 g/mol. The highest BCUT2D eigenvalue weighted by Gasteiger charge is 2.12. The quantitative estimate of drug-likeness (QED) is 0.883. The van der Waals surface area contributed by atoms with Crippen molar-refractivity contribution in [2.45, 2.75) is 39.8 Å². The Morgan fingerprint density at radius 1 is 1.30 bits per heavy atom. The number of hydrogen-bond donors (Lipinski definition) is 2. The standard InChI is InChI=1S/C14H20N4OS/c1-8(2)19-13-11(15)5-6-12(18-13)17-10(4)14-16-7-9(3)20-14/h5-8,10H,15H2,1-4H3,(H,17,18). The molecule has 20 heavy (non-hydrogen) atoms. The van der Waals surface area contributed by atoms with E-state index >= 15 is 0 Å². The first-order chi connectivity index (χ1) is 9.45. The van der Waals surface area contributed by atoms with Gasteiger partial charge < -0.3 is 15.8 Å². The molecule has 0 aliphatic rings. The Morgan fingerprint density at radius 3 is 2.65 bits per heavy atom. The van der Waals surface area contributed by atoms with Crippen LogP contribution in [0.4, 0.5) is 11.5 Å². The molecule has 0 fully saturated rings. The Bertz CT molecular complexity index is 582. The maximum atomic E-state index is 5.86. The Hall–Kier alpha value is -1.82. The van der Waals surface area contributed by atoms with Crippen LogP contribution in [0.1, 0.15) is 36.7 Å². The average Bonchev–Trinajstić information content (AvgIpc) is 2.79. The molecular weight excluding hydrogens is 272 g/mol. The lowest BCUT2D eigenvalue weighted by atomic mass is 10.3. The summed E-state index contributed by atoms with van der Waals surface area (Å²) in [6, 6.07) is 3.74. The molecular formula is C14H20N4OS. The maximum Gasteiger partial charge on any atom is 0.239 e. The van der Waals surface area contributed by atoms with E-state index in [1.54, 1.807) is 17.4 Å². The van der Waals surface area contributed by atoms with Gasteiger partial charge in [0.1, 0.15) is 10.8 Å². The van der Waals surface area contributed by atoms with Crippen LogP contribution in [0, 0.1) is 6.92 Å². The number of nitrogens with two attached hydrogens (primary N) is 1. The minimum absolute atomic E-state index is 0.0408. The molecule has 1 unspecified atom stereocenters. The molecule has 2 aromatic rings. The summed E-state index contributed by atoms with van der Waals surface area (Å²) in [5.74, 6) is 1.20. The minimum atomic E-state index is 0.0408. The van der Waals surface area contributed by atoms with Gasteiger partial charge in [0.25, 0.3) is 0 Å². The highest BCUT2D eigenvalue weighted by Crippen LogP contribution is 2.26. The van der Waals surface area contributed by atoms with Crippen molar-refractivity contribution >= 4 is 22.8 Å². The van der Waals surface area contributed by atoms with Crippen LogP contribution in [0.15, 0.2) is 18.3 Å². The molecule has 6 heteroatoms. The number of aromatic nitrogens is 2. The van der Waals surface area contributed by atoms with Crippen molar-refractivity contribution in [3.63, 3.8) is 0 Å².